The highest BCUT2D eigenvalue weighted by Gasteiger charge is 2.24. The molecule has 2 rings (SSSR count). The number of aliphatic hydroxyl groups is 2. The van der Waals surface area contributed by atoms with Crippen molar-refractivity contribution in [2.75, 3.05) is 11.1 Å². The Morgan fingerprint density at radius 3 is 2.50 bits per heavy atom. The van der Waals surface area contributed by atoms with Crippen LogP contribution >= 0.6 is 11.3 Å². The molecule has 7 nitrogen and oxygen atoms in total. The molecular formula is C12H14N4O3S. The fourth-order valence-corrected chi connectivity index (χ4v) is 2.37. The number of hydrogen-bond donors (Lipinski definition) is 4. The molecule has 0 aliphatic heterocycles. The van der Waals surface area contributed by atoms with Gasteiger partial charge in [-0.15, -0.1) is 10.2 Å². The summed E-state index contributed by atoms with van der Waals surface area (Å²) >= 11 is 1.01. The minimum Gasteiger partial charge on any atom is -0.399 e. The zero-order valence-corrected chi connectivity index (χ0v) is 11.5. The number of nitrogen functional groups attached to an aromatic ring is 1. The summed E-state index contributed by atoms with van der Waals surface area (Å²) in [6.45, 7) is 1.35. The van der Waals surface area contributed by atoms with Crippen molar-refractivity contribution in [1.29, 1.82) is 0 Å². The number of nitrogens with zero attached hydrogens (tertiary/aromatic N) is 2. The van der Waals surface area contributed by atoms with E-state index in [1.54, 1.807) is 24.3 Å². The summed E-state index contributed by atoms with van der Waals surface area (Å²) in [5.74, 6) is -0.277. The molecule has 0 aliphatic rings. The van der Waals surface area contributed by atoms with Gasteiger partial charge < -0.3 is 21.3 Å². The van der Waals surface area contributed by atoms with Gasteiger partial charge in [0.25, 0.3) is 0 Å². The van der Waals surface area contributed by atoms with Gasteiger partial charge in [0.1, 0.15) is 12.2 Å². The third-order valence-electron chi connectivity index (χ3n) is 2.55. The number of anilines is 2. The normalized spacial score (nSPS) is 13.8. The number of hydrogen-bond acceptors (Lipinski definition) is 7. The first kappa shape index (κ1) is 14.4. The maximum absolute atomic E-state index is 10.9. The van der Waals surface area contributed by atoms with Crippen molar-refractivity contribution in [2.24, 2.45) is 0 Å². The van der Waals surface area contributed by atoms with E-state index in [-0.39, 0.29) is 16.0 Å². The number of nitrogens with two attached hydrogens (primary N) is 1. The van der Waals surface area contributed by atoms with Gasteiger partial charge >= 0.3 is 0 Å². The number of carbonyl (C=O) groups is 1. The van der Waals surface area contributed by atoms with Crippen molar-refractivity contribution in [2.45, 2.75) is 19.1 Å². The van der Waals surface area contributed by atoms with Gasteiger partial charge in [-0.1, -0.05) is 23.5 Å². The molecule has 1 amide bonds. The lowest BCUT2D eigenvalue weighted by Gasteiger charge is -2.15. The topological polar surface area (TPSA) is 121 Å². The van der Waals surface area contributed by atoms with E-state index in [0.717, 1.165) is 11.3 Å². The van der Waals surface area contributed by atoms with Crippen LogP contribution in [0.5, 0.6) is 0 Å². The molecule has 106 valence electrons. The Bertz CT molecular complexity index is 599. The standard InChI is InChI=1S/C12H14N4O3S/c1-6(17)14-12-16-15-11(20-12)10(19)9(18)7-2-4-8(13)5-3-7/h2-5,9-10,18-19H,13H2,1H3,(H,14,16,17)/t9-,10-/m0/s1. The first-order valence-corrected chi connectivity index (χ1v) is 6.61. The number of nitrogens with one attached hydrogen (secondary N) is 1. The van der Waals surface area contributed by atoms with E-state index in [9.17, 15) is 15.0 Å². The van der Waals surface area contributed by atoms with Crippen LogP contribution in [0, 0.1) is 0 Å². The molecule has 0 saturated carbocycles. The molecule has 0 unspecified atom stereocenters. The third-order valence-corrected chi connectivity index (χ3v) is 3.46. The van der Waals surface area contributed by atoms with Crippen LogP contribution in [0.25, 0.3) is 0 Å². The number of rotatable bonds is 4. The minimum absolute atomic E-state index is 0.220. The minimum atomic E-state index is -1.22. The molecule has 0 bridgehead atoms. The van der Waals surface area contributed by atoms with E-state index in [0.29, 0.717) is 11.3 Å². The summed E-state index contributed by atoms with van der Waals surface area (Å²) in [6.07, 6.45) is -2.37. The Morgan fingerprint density at radius 2 is 1.90 bits per heavy atom. The van der Waals surface area contributed by atoms with E-state index < -0.39 is 12.2 Å². The highest BCUT2D eigenvalue weighted by Crippen LogP contribution is 2.31. The van der Waals surface area contributed by atoms with Crippen LogP contribution in [0.3, 0.4) is 0 Å². The second-order valence-electron chi connectivity index (χ2n) is 4.18. The van der Waals surface area contributed by atoms with Gasteiger partial charge in [-0.25, -0.2) is 0 Å². The summed E-state index contributed by atoms with van der Waals surface area (Å²) < 4.78 is 0. The van der Waals surface area contributed by atoms with E-state index in [1.807, 2.05) is 0 Å². The van der Waals surface area contributed by atoms with Gasteiger partial charge in [0.2, 0.25) is 11.0 Å². The molecule has 20 heavy (non-hydrogen) atoms. The molecule has 2 atom stereocenters. The van der Waals surface area contributed by atoms with Crippen molar-refractivity contribution in [3.05, 3.63) is 34.8 Å². The molecule has 1 heterocycles. The molecule has 0 saturated heterocycles. The number of carbonyl (C=O) groups excluding carboxylic acids is 1. The van der Waals surface area contributed by atoms with Crippen LogP contribution in [0.1, 0.15) is 29.7 Å². The third kappa shape index (κ3) is 3.29. The quantitative estimate of drug-likeness (QED) is 0.620. The monoisotopic (exact) mass is 294 g/mol. The van der Waals surface area contributed by atoms with E-state index >= 15 is 0 Å². The predicted octanol–water partition coefficient (Wildman–Crippen LogP) is 0.846. The second-order valence-corrected chi connectivity index (χ2v) is 5.19. The van der Waals surface area contributed by atoms with E-state index in [1.165, 1.54) is 6.92 Å². The van der Waals surface area contributed by atoms with Crippen molar-refractivity contribution >= 4 is 28.1 Å². The predicted molar refractivity (Wildman–Crippen MR) is 75.0 cm³/mol. The molecule has 0 radical (unpaired) electrons. The Kier molecular flexibility index (Phi) is 4.28. The highest BCUT2D eigenvalue weighted by molar-refractivity contribution is 7.15. The average Bonchev–Trinajstić information content (AvgIpc) is 2.85. The lowest BCUT2D eigenvalue weighted by molar-refractivity contribution is -0.114. The molecule has 0 spiro atoms. The smallest absolute Gasteiger partial charge is 0.223 e. The summed E-state index contributed by atoms with van der Waals surface area (Å²) in [6, 6.07) is 6.51. The molecule has 1 aromatic carbocycles. The summed E-state index contributed by atoms with van der Waals surface area (Å²) in [5.41, 5.74) is 6.64. The Hall–Kier alpha value is -2.03. The van der Waals surface area contributed by atoms with Crippen molar-refractivity contribution in [3.8, 4) is 0 Å². The van der Waals surface area contributed by atoms with Crippen LogP contribution in [0.2, 0.25) is 0 Å². The summed E-state index contributed by atoms with van der Waals surface area (Å²) in [5, 5.41) is 30.6. The lowest BCUT2D eigenvalue weighted by Crippen LogP contribution is -2.10. The zero-order chi connectivity index (χ0) is 14.7. The van der Waals surface area contributed by atoms with Crippen LogP contribution in [0.15, 0.2) is 24.3 Å². The first-order chi connectivity index (χ1) is 9.47. The zero-order valence-electron chi connectivity index (χ0n) is 10.6. The largest absolute Gasteiger partial charge is 0.399 e. The molecule has 0 fully saturated rings. The first-order valence-electron chi connectivity index (χ1n) is 5.80. The van der Waals surface area contributed by atoms with Gasteiger partial charge in [-0.05, 0) is 17.7 Å². The van der Waals surface area contributed by atoms with Crippen LogP contribution in [0.4, 0.5) is 10.8 Å². The Morgan fingerprint density at radius 1 is 1.25 bits per heavy atom. The van der Waals surface area contributed by atoms with Gasteiger partial charge in [-0.2, -0.15) is 0 Å². The SMILES string of the molecule is CC(=O)Nc1nnc([C@@H](O)[C@@H](O)c2ccc(N)cc2)s1. The lowest BCUT2D eigenvalue weighted by atomic mass is 10.0. The van der Waals surface area contributed by atoms with Gasteiger partial charge in [0.15, 0.2) is 5.01 Å². The molecule has 2 aromatic rings. The van der Waals surface area contributed by atoms with Gasteiger partial charge in [0.05, 0.1) is 0 Å². The Labute approximate surface area is 119 Å². The number of aromatic nitrogens is 2. The maximum Gasteiger partial charge on any atom is 0.223 e. The van der Waals surface area contributed by atoms with Crippen molar-refractivity contribution in [3.63, 3.8) is 0 Å². The second kappa shape index (κ2) is 5.95. The Balaban J connectivity index is 2.13. The number of amides is 1. The van der Waals surface area contributed by atoms with E-state index in [2.05, 4.69) is 15.5 Å². The molecule has 1 aromatic heterocycles. The molecular weight excluding hydrogens is 280 g/mol. The average molecular weight is 294 g/mol. The fraction of sp³-hybridized carbons (Fsp3) is 0.250. The van der Waals surface area contributed by atoms with Crippen LogP contribution in [-0.2, 0) is 4.79 Å². The molecule has 5 N–H and O–H groups in total. The number of benzene rings is 1. The molecule has 8 heteroatoms. The van der Waals surface area contributed by atoms with Crippen LogP contribution < -0.4 is 11.1 Å². The van der Waals surface area contributed by atoms with Gasteiger partial charge in [0, 0.05) is 12.6 Å². The highest BCUT2D eigenvalue weighted by atomic mass is 32.1. The summed E-state index contributed by atoms with van der Waals surface area (Å²) in [7, 11) is 0. The molecule has 0 aliphatic carbocycles. The van der Waals surface area contributed by atoms with Crippen molar-refractivity contribution in [1.82, 2.24) is 10.2 Å². The fourth-order valence-electron chi connectivity index (χ4n) is 1.57. The van der Waals surface area contributed by atoms with Crippen LogP contribution in [-0.4, -0.2) is 26.3 Å². The number of aliphatic hydroxyl groups excluding tert-OH is 2. The van der Waals surface area contributed by atoms with Gasteiger partial charge in [-0.3, -0.25) is 4.79 Å². The summed E-state index contributed by atoms with van der Waals surface area (Å²) in [4.78, 5) is 10.9. The van der Waals surface area contributed by atoms with E-state index in [4.69, 9.17) is 5.73 Å². The van der Waals surface area contributed by atoms with Crippen molar-refractivity contribution < 1.29 is 15.0 Å². The maximum atomic E-state index is 10.9.